The van der Waals surface area contributed by atoms with Gasteiger partial charge < -0.3 is 10.1 Å². The molecule has 1 amide bonds. The van der Waals surface area contributed by atoms with Crippen LogP contribution in [-0.2, 0) is 14.8 Å². The number of benzene rings is 4. The van der Waals surface area contributed by atoms with Gasteiger partial charge in [-0.2, -0.15) is 0 Å². The summed E-state index contributed by atoms with van der Waals surface area (Å²) in [6.45, 7) is -0.412. The highest BCUT2D eigenvalue weighted by atomic mass is 35.5. The summed E-state index contributed by atoms with van der Waals surface area (Å²) in [4.78, 5) is 13.3. The molecule has 0 saturated carbocycles. The number of carbonyl (C=O) groups is 1. The van der Waals surface area contributed by atoms with Crippen molar-refractivity contribution in [3.63, 3.8) is 0 Å². The molecular formula is C26H19ClN2O4S. The summed E-state index contributed by atoms with van der Waals surface area (Å²) in [5, 5.41) is 3.16. The molecule has 0 bridgehead atoms. The number of nitrogens with one attached hydrogen (secondary N) is 1. The number of ether oxygens (including phenoxy) is 1. The van der Waals surface area contributed by atoms with Gasteiger partial charge in [-0.15, -0.1) is 0 Å². The van der Waals surface area contributed by atoms with Gasteiger partial charge in [-0.1, -0.05) is 66.2 Å². The molecule has 6 nitrogen and oxygen atoms in total. The number of sulfonamides is 1. The van der Waals surface area contributed by atoms with Gasteiger partial charge in [0.05, 0.1) is 16.3 Å². The van der Waals surface area contributed by atoms with Crippen molar-refractivity contribution in [2.75, 3.05) is 16.2 Å². The minimum Gasteiger partial charge on any atom is -0.455 e. The molecule has 1 N–H and O–H groups in total. The summed E-state index contributed by atoms with van der Waals surface area (Å²) in [7, 11) is -3.94. The molecule has 4 aromatic rings. The minimum atomic E-state index is -3.94. The SMILES string of the molecule is O=C(CN1c2ccccc2-c2ccccc2S1(=O)=O)Nc1cc(Cl)ccc1Oc1ccccc1. The lowest BCUT2D eigenvalue weighted by Gasteiger charge is -2.31. The summed E-state index contributed by atoms with van der Waals surface area (Å²) in [5.41, 5.74) is 2.15. The van der Waals surface area contributed by atoms with Crippen molar-refractivity contribution in [3.05, 3.63) is 102 Å². The zero-order valence-electron chi connectivity index (χ0n) is 17.8. The highest BCUT2D eigenvalue weighted by Crippen LogP contribution is 2.42. The first-order valence-electron chi connectivity index (χ1n) is 10.5. The van der Waals surface area contributed by atoms with Crippen LogP contribution in [0.3, 0.4) is 0 Å². The summed E-state index contributed by atoms with van der Waals surface area (Å²) in [6, 6.07) is 27.9. The third-order valence-corrected chi connectivity index (χ3v) is 7.44. The number of para-hydroxylation sites is 2. The fraction of sp³-hybridized carbons (Fsp3) is 0.0385. The standard InChI is InChI=1S/C26H19ClN2O4S/c27-18-14-15-24(33-19-8-2-1-3-9-19)22(16-18)28-26(30)17-29-23-12-6-4-10-20(23)21-11-5-7-13-25(21)34(29,31)32/h1-16H,17H2,(H,28,30). The van der Waals surface area contributed by atoms with Gasteiger partial charge in [0.1, 0.15) is 12.3 Å². The average molecular weight is 491 g/mol. The molecule has 5 rings (SSSR count). The van der Waals surface area contributed by atoms with E-state index in [1.165, 1.54) is 0 Å². The molecule has 34 heavy (non-hydrogen) atoms. The fourth-order valence-corrected chi connectivity index (χ4v) is 5.70. The second-order valence-electron chi connectivity index (χ2n) is 7.63. The van der Waals surface area contributed by atoms with Gasteiger partial charge in [-0.3, -0.25) is 9.10 Å². The molecule has 0 saturated heterocycles. The van der Waals surface area contributed by atoms with Crippen molar-refractivity contribution in [1.82, 2.24) is 0 Å². The van der Waals surface area contributed by atoms with Crippen molar-refractivity contribution in [3.8, 4) is 22.6 Å². The Hall–Kier alpha value is -3.81. The Morgan fingerprint density at radius 1 is 0.853 bits per heavy atom. The van der Waals surface area contributed by atoms with Gasteiger partial charge in [0, 0.05) is 16.1 Å². The van der Waals surface area contributed by atoms with Crippen LogP contribution in [0.2, 0.25) is 5.02 Å². The summed E-state index contributed by atoms with van der Waals surface area (Å²) in [5.74, 6) is 0.443. The third kappa shape index (κ3) is 4.11. The Morgan fingerprint density at radius 2 is 1.53 bits per heavy atom. The van der Waals surface area contributed by atoms with Gasteiger partial charge in [-0.05, 0) is 42.5 Å². The molecule has 0 aliphatic carbocycles. The fourth-order valence-electron chi connectivity index (χ4n) is 3.88. The maximum atomic E-state index is 13.4. The van der Waals surface area contributed by atoms with E-state index in [-0.39, 0.29) is 4.90 Å². The first-order chi connectivity index (χ1) is 16.4. The quantitative estimate of drug-likeness (QED) is 0.375. The minimum absolute atomic E-state index is 0.164. The molecule has 0 fully saturated rings. The van der Waals surface area contributed by atoms with E-state index in [1.807, 2.05) is 30.3 Å². The van der Waals surface area contributed by atoms with E-state index < -0.39 is 22.5 Å². The number of fused-ring (bicyclic) bond motifs is 3. The average Bonchev–Trinajstić information content (AvgIpc) is 2.84. The van der Waals surface area contributed by atoms with E-state index in [4.69, 9.17) is 16.3 Å². The number of nitrogens with zero attached hydrogens (tertiary/aromatic N) is 1. The molecule has 1 aliphatic rings. The molecule has 1 aliphatic heterocycles. The summed E-state index contributed by atoms with van der Waals surface area (Å²) >= 11 is 6.15. The van der Waals surface area contributed by atoms with Gasteiger partial charge in [0.2, 0.25) is 5.91 Å². The van der Waals surface area contributed by atoms with Crippen LogP contribution in [-0.4, -0.2) is 20.9 Å². The normalized spacial score (nSPS) is 13.5. The van der Waals surface area contributed by atoms with Gasteiger partial charge in [-0.25, -0.2) is 8.42 Å². The van der Waals surface area contributed by atoms with Crippen LogP contribution in [0.1, 0.15) is 0 Å². The lowest BCUT2D eigenvalue weighted by atomic mass is 10.0. The number of hydrogen-bond acceptors (Lipinski definition) is 4. The van der Waals surface area contributed by atoms with Crippen LogP contribution in [0.15, 0.2) is 102 Å². The number of amides is 1. The van der Waals surface area contributed by atoms with E-state index in [0.717, 1.165) is 9.87 Å². The van der Waals surface area contributed by atoms with Crippen molar-refractivity contribution in [2.45, 2.75) is 4.90 Å². The van der Waals surface area contributed by atoms with Crippen LogP contribution in [0, 0.1) is 0 Å². The lowest BCUT2D eigenvalue weighted by molar-refractivity contribution is -0.114. The Morgan fingerprint density at radius 3 is 2.32 bits per heavy atom. The lowest BCUT2D eigenvalue weighted by Crippen LogP contribution is -2.40. The van der Waals surface area contributed by atoms with Crippen LogP contribution in [0.5, 0.6) is 11.5 Å². The summed E-state index contributed by atoms with van der Waals surface area (Å²) < 4.78 is 33.9. The van der Waals surface area contributed by atoms with Crippen LogP contribution in [0.4, 0.5) is 11.4 Å². The molecule has 4 aromatic carbocycles. The first kappa shape index (κ1) is 22.0. The highest BCUT2D eigenvalue weighted by molar-refractivity contribution is 7.93. The predicted octanol–water partition coefficient (Wildman–Crippen LogP) is 5.95. The Bertz CT molecular complexity index is 1490. The van der Waals surface area contributed by atoms with Crippen molar-refractivity contribution < 1.29 is 17.9 Å². The Balaban J connectivity index is 1.45. The number of anilines is 2. The maximum absolute atomic E-state index is 13.4. The van der Waals surface area contributed by atoms with Gasteiger partial charge in [0.15, 0.2) is 5.75 Å². The zero-order valence-corrected chi connectivity index (χ0v) is 19.4. The van der Waals surface area contributed by atoms with E-state index in [1.54, 1.807) is 66.7 Å². The van der Waals surface area contributed by atoms with E-state index >= 15 is 0 Å². The molecule has 8 heteroatoms. The Kier molecular flexibility index (Phi) is 5.73. The second kappa shape index (κ2) is 8.85. The highest BCUT2D eigenvalue weighted by Gasteiger charge is 2.35. The molecule has 0 radical (unpaired) electrons. The van der Waals surface area contributed by atoms with Crippen molar-refractivity contribution in [1.29, 1.82) is 0 Å². The largest absolute Gasteiger partial charge is 0.455 e. The first-order valence-corrected chi connectivity index (χ1v) is 12.3. The number of rotatable bonds is 5. The monoisotopic (exact) mass is 490 g/mol. The number of hydrogen-bond donors (Lipinski definition) is 1. The zero-order chi connectivity index (χ0) is 23.7. The molecule has 0 aromatic heterocycles. The van der Waals surface area contributed by atoms with Crippen LogP contribution >= 0.6 is 11.6 Å². The van der Waals surface area contributed by atoms with Gasteiger partial charge >= 0.3 is 0 Å². The van der Waals surface area contributed by atoms with E-state index in [2.05, 4.69) is 5.32 Å². The van der Waals surface area contributed by atoms with Gasteiger partial charge in [0.25, 0.3) is 10.0 Å². The molecule has 0 unspecified atom stereocenters. The van der Waals surface area contributed by atoms with Crippen LogP contribution < -0.4 is 14.4 Å². The number of halogens is 1. The molecule has 0 atom stereocenters. The third-order valence-electron chi connectivity index (χ3n) is 5.39. The second-order valence-corrected chi connectivity index (χ2v) is 9.90. The predicted molar refractivity (Wildman–Crippen MR) is 133 cm³/mol. The topological polar surface area (TPSA) is 75.7 Å². The van der Waals surface area contributed by atoms with E-state index in [9.17, 15) is 13.2 Å². The molecule has 170 valence electrons. The maximum Gasteiger partial charge on any atom is 0.265 e. The Labute approximate surface area is 202 Å². The number of carbonyl (C=O) groups excluding carboxylic acids is 1. The smallest absolute Gasteiger partial charge is 0.265 e. The molecule has 1 heterocycles. The van der Waals surface area contributed by atoms with Crippen molar-refractivity contribution >= 4 is 38.9 Å². The summed E-state index contributed by atoms with van der Waals surface area (Å²) in [6.07, 6.45) is 0. The van der Waals surface area contributed by atoms with Crippen LogP contribution in [0.25, 0.3) is 11.1 Å². The molecular weight excluding hydrogens is 472 g/mol. The van der Waals surface area contributed by atoms with E-state index in [0.29, 0.717) is 33.5 Å². The molecule has 0 spiro atoms. The van der Waals surface area contributed by atoms with Crippen molar-refractivity contribution in [2.24, 2.45) is 0 Å².